The molecular formula is C14H21N3. The third kappa shape index (κ3) is 2.60. The summed E-state index contributed by atoms with van der Waals surface area (Å²) in [5.41, 5.74) is 8.64. The van der Waals surface area contributed by atoms with Crippen LogP contribution < -0.4 is 10.6 Å². The van der Waals surface area contributed by atoms with Gasteiger partial charge < -0.3 is 10.6 Å². The molecule has 0 amide bonds. The second-order valence-electron chi connectivity index (χ2n) is 5.27. The van der Waals surface area contributed by atoms with E-state index in [1.165, 1.54) is 12.1 Å². The number of hydrogen-bond donors (Lipinski definition) is 2. The molecule has 0 aliphatic heterocycles. The maximum atomic E-state index is 7.47. The van der Waals surface area contributed by atoms with Gasteiger partial charge in [-0.1, -0.05) is 6.92 Å². The molecule has 0 spiro atoms. The van der Waals surface area contributed by atoms with Crippen molar-refractivity contribution in [2.24, 2.45) is 17.6 Å². The van der Waals surface area contributed by atoms with Crippen molar-refractivity contribution < 1.29 is 0 Å². The van der Waals surface area contributed by atoms with Gasteiger partial charge >= 0.3 is 0 Å². The van der Waals surface area contributed by atoms with E-state index in [-0.39, 0.29) is 5.84 Å². The molecule has 1 fully saturated rings. The Kier molecular flexibility index (Phi) is 3.09. The number of nitrogen functional groups attached to an aromatic ring is 1. The summed E-state index contributed by atoms with van der Waals surface area (Å²) in [6, 6.07) is 6.11. The van der Waals surface area contributed by atoms with Crippen LogP contribution in [0.3, 0.4) is 0 Å². The second-order valence-corrected chi connectivity index (χ2v) is 5.27. The molecule has 92 valence electrons. The molecule has 0 aromatic heterocycles. The predicted molar refractivity (Wildman–Crippen MR) is 72.7 cm³/mol. The summed E-state index contributed by atoms with van der Waals surface area (Å²) in [4.78, 5) is 2.30. The average Bonchev–Trinajstić information content (AvgIpc) is 2.93. The molecule has 0 radical (unpaired) electrons. The maximum Gasteiger partial charge on any atom is 0.123 e. The number of hydrogen-bond acceptors (Lipinski definition) is 2. The van der Waals surface area contributed by atoms with Gasteiger partial charge in [0, 0.05) is 24.8 Å². The van der Waals surface area contributed by atoms with E-state index in [1.54, 1.807) is 0 Å². The molecule has 0 saturated heterocycles. The Hall–Kier alpha value is -1.51. The van der Waals surface area contributed by atoms with Crippen LogP contribution in [0.4, 0.5) is 5.69 Å². The minimum atomic E-state index is 0.146. The van der Waals surface area contributed by atoms with Gasteiger partial charge in [0.25, 0.3) is 0 Å². The lowest BCUT2D eigenvalue weighted by Gasteiger charge is -2.20. The fourth-order valence-electron chi connectivity index (χ4n) is 2.30. The number of nitrogens with two attached hydrogens (primary N) is 1. The molecule has 0 bridgehead atoms. The van der Waals surface area contributed by atoms with E-state index in [0.29, 0.717) is 0 Å². The quantitative estimate of drug-likeness (QED) is 0.617. The first-order valence-electron chi connectivity index (χ1n) is 6.15. The normalized spacial score (nSPS) is 22.3. The van der Waals surface area contributed by atoms with Crippen LogP contribution >= 0.6 is 0 Å². The van der Waals surface area contributed by atoms with Crippen LogP contribution in [0.2, 0.25) is 0 Å². The van der Waals surface area contributed by atoms with E-state index in [0.717, 1.165) is 29.5 Å². The maximum absolute atomic E-state index is 7.47. The minimum Gasteiger partial charge on any atom is -0.384 e. The number of amidine groups is 1. The minimum absolute atomic E-state index is 0.146. The zero-order valence-electron chi connectivity index (χ0n) is 10.8. The number of rotatable bonds is 4. The summed E-state index contributed by atoms with van der Waals surface area (Å²) in [5.74, 6) is 1.88. The van der Waals surface area contributed by atoms with Gasteiger partial charge in [-0.2, -0.15) is 0 Å². The SMILES string of the molecule is Cc1cc(N(C)CC2CC2C)ccc1C(=N)N. The van der Waals surface area contributed by atoms with Gasteiger partial charge in [0.05, 0.1) is 0 Å². The van der Waals surface area contributed by atoms with E-state index in [1.807, 2.05) is 13.0 Å². The van der Waals surface area contributed by atoms with Crippen molar-refractivity contribution in [3.05, 3.63) is 29.3 Å². The fraction of sp³-hybridized carbons (Fsp3) is 0.500. The highest BCUT2D eigenvalue weighted by atomic mass is 15.1. The summed E-state index contributed by atoms with van der Waals surface area (Å²) < 4.78 is 0. The van der Waals surface area contributed by atoms with Crippen LogP contribution in [0.5, 0.6) is 0 Å². The lowest BCUT2D eigenvalue weighted by molar-refractivity contribution is 0.725. The van der Waals surface area contributed by atoms with E-state index in [2.05, 4.69) is 31.0 Å². The van der Waals surface area contributed by atoms with Crippen molar-refractivity contribution in [1.29, 1.82) is 5.41 Å². The standard InChI is InChI=1S/C14H21N3/c1-9-6-11(9)8-17(3)12-4-5-13(14(15)16)10(2)7-12/h4-5,7,9,11H,6,8H2,1-3H3,(H3,15,16). The smallest absolute Gasteiger partial charge is 0.123 e. The zero-order chi connectivity index (χ0) is 12.6. The van der Waals surface area contributed by atoms with Crippen LogP contribution in [-0.4, -0.2) is 19.4 Å². The average molecular weight is 231 g/mol. The van der Waals surface area contributed by atoms with Gasteiger partial charge in [0.2, 0.25) is 0 Å². The molecule has 1 aromatic carbocycles. The molecule has 1 aromatic rings. The highest BCUT2D eigenvalue weighted by Gasteiger charge is 2.33. The van der Waals surface area contributed by atoms with Crippen LogP contribution in [-0.2, 0) is 0 Å². The first-order valence-corrected chi connectivity index (χ1v) is 6.15. The molecule has 1 saturated carbocycles. The third-order valence-electron chi connectivity index (χ3n) is 3.73. The lowest BCUT2D eigenvalue weighted by atomic mass is 10.1. The largest absolute Gasteiger partial charge is 0.384 e. The van der Waals surface area contributed by atoms with E-state index < -0.39 is 0 Å². The van der Waals surface area contributed by atoms with E-state index in [9.17, 15) is 0 Å². The summed E-state index contributed by atoms with van der Waals surface area (Å²) in [6.45, 7) is 5.44. The molecule has 17 heavy (non-hydrogen) atoms. The molecule has 1 aliphatic carbocycles. The van der Waals surface area contributed by atoms with E-state index >= 15 is 0 Å². The van der Waals surface area contributed by atoms with Gasteiger partial charge in [-0.05, 0) is 48.9 Å². The van der Waals surface area contributed by atoms with E-state index in [4.69, 9.17) is 11.1 Å². The van der Waals surface area contributed by atoms with Crippen LogP contribution in [0, 0.1) is 24.2 Å². The van der Waals surface area contributed by atoms with Gasteiger partial charge in [-0.3, -0.25) is 5.41 Å². The first kappa shape index (κ1) is 12.0. The van der Waals surface area contributed by atoms with Crippen molar-refractivity contribution in [2.75, 3.05) is 18.5 Å². The monoisotopic (exact) mass is 231 g/mol. The number of aryl methyl sites for hydroxylation is 1. The molecule has 2 atom stereocenters. The van der Waals surface area contributed by atoms with Gasteiger partial charge in [-0.15, -0.1) is 0 Å². The molecule has 3 nitrogen and oxygen atoms in total. The van der Waals surface area contributed by atoms with Crippen LogP contribution in [0.15, 0.2) is 18.2 Å². The lowest BCUT2D eigenvalue weighted by Crippen LogP contribution is -2.21. The van der Waals surface area contributed by atoms with Crippen molar-refractivity contribution in [3.63, 3.8) is 0 Å². The van der Waals surface area contributed by atoms with Crippen molar-refractivity contribution in [3.8, 4) is 0 Å². The number of benzene rings is 1. The summed E-state index contributed by atoms with van der Waals surface area (Å²) in [6.07, 6.45) is 1.36. The topological polar surface area (TPSA) is 53.1 Å². The molecule has 2 rings (SSSR count). The Balaban J connectivity index is 2.10. The Labute approximate surface area is 103 Å². The first-order chi connectivity index (χ1) is 7.99. The number of nitrogens with one attached hydrogen (secondary N) is 1. The second kappa shape index (κ2) is 4.40. The number of nitrogens with zero attached hydrogens (tertiary/aromatic N) is 1. The Morgan fingerprint density at radius 2 is 2.18 bits per heavy atom. The zero-order valence-corrected chi connectivity index (χ0v) is 10.8. The summed E-state index contributed by atoms with van der Waals surface area (Å²) in [7, 11) is 2.13. The van der Waals surface area contributed by atoms with Crippen molar-refractivity contribution in [1.82, 2.24) is 0 Å². The predicted octanol–water partition coefficient (Wildman–Crippen LogP) is 2.37. The molecular weight excluding hydrogens is 210 g/mol. The Bertz CT molecular complexity index is 439. The van der Waals surface area contributed by atoms with Gasteiger partial charge in [0.1, 0.15) is 5.84 Å². The van der Waals surface area contributed by atoms with Gasteiger partial charge in [0.15, 0.2) is 0 Å². The Morgan fingerprint density at radius 3 is 2.65 bits per heavy atom. The molecule has 1 aliphatic rings. The third-order valence-corrected chi connectivity index (χ3v) is 3.73. The van der Waals surface area contributed by atoms with Crippen molar-refractivity contribution >= 4 is 11.5 Å². The molecule has 3 heteroatoms. The molecule has 0 heterocycles. The highest BCUT2D eigenvalue weighted by molar-refractivity contribution is 5.96. The molecule has 2 unspecified atom stereocenters. The van der Waals surface area contributed by atoms with Crippen LogP contribution in [0.25, 0.3) is 0 Å². The fourth-order valence-corrected chi connectivity index (χ4v) is 2.30. The van der Waals surface area contributed by atoms with Crippen molar-refractivity contribution in [2.45, 2.75) is 20.3 Å². The molecule has 3 N–H and O–H groups in total. The number of anilines is 1. The summed E-state index contributed by atoms with van der Waals surface area (Å²) in [5, 5.41) is 7.47. The van der Waals surface area contributed by atoms with Gasteiger partial charge in [-0.25, -0.2) is 0 Å². The highest BCUT2D eigenvalue weighted by Crippen LogP contribution is 2.38. The van der Waals surface area contributed by atoms with Crippen LogP contribution in [0.1, 0.15) is 24.5 Å². The summed E-state index contributed by atoms with van der Waals surface area (Å²) >= 11 is 0. The Morgan fingerprint density at radius 1 is 1.53 bits per heavy atom.